The summed E-state index contributed by atoms with van der Waals surface area (Å²) in [4.78, 5) is 38.4. The Morgan fingerprint density at radius 3 is 0.602 bits per heavy atom. The van der Waals surface area contributed by atoms with Crippen molar-refractivity contribution in [2.75, 3.05) is 13.2 Å². The minimum absolute atomic E-state index is 0.0652. The van der Waals surface area contributed by atoms with Gasteiger partial charge in [0.25, 0.3) is 0 Å². The van der Waals surface area contributed by atoms with Crippen LogP contribution < -0.4 is 0 Å². The zero-order valence-electron chi connectivity index (χ0n) is 56.5. The number of ether oxygens (including phenoxy) is 3. The molecule has 0 N–H and O–H groups in total. The van der Waals surface area contributed by atoms with Crippen molar-refractivity contribution in [3.63, 3.8) is 0 Å². The van der Waals surface area contributed by atoms with Crippen LogP contribution in [-0.2, 0) is 28.6 Å². The summed E-state index contributed by atoms with van der Waals surface area (Å²) in [6.07, 6.45) is 89.6. The van der Waals surface area contributed by atoms with Crippen molar-refractivity contribution in [2.24, 2.45) is 0 Å². The van der Waals surface area contributed by atoms with Crippen molar-refractivity contribution < 1.29 is 28.6 Å². The molecule has 0 radical (unpaired) electrons. The van der Waals surface area contributed by atoms with Gasteiger partial charge < -0.3 is 14.2 Å². The summed E-state index contributed by atoms with van der Waals surface area (Å²) in [5, 5.41) is 0. The predicted molar refractivity (Wildman–Crippen MR) is 363 cm³/mol. The maximum Gasteiger partial charge on any atom is 0.306 e. The topological polar surface area (TPSA) is 78.9 Å². The fourth-order valence-corrected chi connectivity index (χ4v) is 11.7. The fourth-order valence-electron chi connectivity index (χ4n) is 11.7. The van der Waals surface area contributed by atoms with Gasteiger partial charge in [0, 0.05) is 19.3 Å². The molecule has 0 spiro atoms. The molecule has 490 valence electrons. The zero-order valence-corrected chi connectivity index (χ0v) is 56.5. The lowest BCUT2D eigenvalue weighted by molar-refractivity contribution is -0.167. The lowest BCUT2D eigenvalue weighted by atomic mass is 10.0. The molecule has 0 bridgehead atoms. The number of hydrogen-bond acceptors (Lipinski definition) is 6. The quantitative estimate of drug-likeness (QED) is 0.0261. The molecule has 6 nitrogen and oxygen atoms in total. The first-order valence-corrected chi connectivity index (χ1v) is 37.8. The highest BCUT2D eigenvalue weighted by atomic mass is 16.6. The second-order valence-corrected chi connectivity index (χ2v) is 25.9. The molecule has 0 saturated heterocycles. The van der Waals surface area contributed by atoms with E-state index in [0.29, 0.717) is 19.3 Å². The third kappa shape index (κ3) is 70.5. The summed E-state index contributed by atoms with van der Waals surface area (Å²) in [5.41, 5.74) is 0. The van der Waals surface area contributed by atoms with Crippen LogP contribution in [0.2, 0.25) is 0 Å². The first-order valence-electron chi connectivity index (χ1n) is 37.8. The molecule has 0 aliphatic heterocycles. The second kappa shape index (κ2) is 72.4. The van der Waals surface area contributed by atoms with E-state index in [9.17, 15) is 14.4 Å². The zero-order chi connectivity index (χ0) is 59.9. The molecule has 0 rings (SSSR count). The van der Waals surface area contributed by atoms with Crippen LogP contribution in [0, 0.1) is 0 Å². The standard InChI is InChI=1S/C77H146O6/c1-4-7-10-13-16-19-22-24-26-28-30-31-32-33-34-35-36-37-38-39-40-41-42-43-44-45-47-48-50-52-55-58-61-64-67-70-76(79)82-73-74(72-81-75(78)69-66-63-60-57-54-21-18-15-12-9-6-3)83-77(80)71-68-65-62-59-56-53-51-49-46-29-27-25-23-20-17-14-11-8-5-2/h25,27-28,30,74H,4-24,26,29,31-73H2,1-3H3/b27-25-,30-28-. The number of carbonyl (C=O) groups is 3. The Hall–Kier alpha value is -2.11. The van der Waals surface area contributed by atoms with E-state index in [1.807, 2.05) is 0 Å². The average molecular weight is 1170 g/mol. The molecule has 0 fully saturated rings. The molecule has 1 atom stereocenters. The molecule has 0 heterocycles. The highest BCUT2D eigenvalue weighted by Gasteiger charge is 2.20. The molecule has 83 heavy (non-hydrogen) atoms. The lowest BCUT2D eigenvalue weighted by Crippen LogP contribution is -2.30. The largest absolute Gasteiger partial charge is 0.462 e. The van der Waals surface area contributed by atoms with Gasteiger partial charge in [-0.1, -0.05) is 366 Å². The van der Waals surface area contributed by atoms with Gasteiger partial charge in [0.05, 0.1) is 0 Å². The van der Waals surface area contributed by atoms with Gasteiger partial charge >= 0.3 is 17.9 Å². The van der Waals surface area contributed by atoms with Crippen molar-refractivity contribution in [3.8, 4) is 0 Å². The summed E-state index contributed by atoms with van der Waals surface area (Å²) >= 11 is 0. The smallest absolute Gasteiger partial charge is 0.306 e. The highest BCUT2D eigenvalue weighted by molar-refractivity contribution is 5.71. The van der Waals surface area contributed by atoms with Gasteiger partial charge in [-0.25, -0.2) is 0 Å². The molecule has 0 aromatic heterocycles. The van der Waals surface area contributed by atoms with Crippen molar-refractivity contribution >= 4 is 17.9 Å². The van der Waals surface area contributed by atoms with Gasteiger partial charge in [0.15, 0.2) is 6.10 Å². The molecule has 0 aromatic carbocycles. The van der Waals surface area contributed by atoms with Gasteiger partial charge in [-0.15, -0.1) is 0 Å². The van der Waals surface area contributed by atoms with Gasteiger partial charge in [0.1, 0.15) is 13.2 Å². The molecule has 6 heteroatoms. The molecule has 1 unspecified atom stereocenters. The normalized spacial score (nSPS) is 12.1. The minimum atomic E-state index is -0.768. The van der Waals surface area contributed by atoms with E-state index in [1.165, 1.54) is 334 Å². The molecule has 0 aliphatic carbocycles. The minimum Gasteiger partial charge on any atom is -0.462 e. The van der Waals surface area contributed by atoms with Crippen molar-refractivity contribution in [1.29, 1.82) is 0 Å². The Bertz CT molecular complexity index is 1340. The molecular formula is C77H146O6. The predicted octanol–water partition coefficient (Wildman–Crippen LogP) is 26.1. The molecule has 0 saturated carbocycles. The highest BCUT2D eigenvalue weighted by Crippen LogP contribution is 2.19. The SMILES string of the molecule is CCCCCCCC/C=C\CCCCCCCCCCCC(=O)OC(COC(=O)CCCCCCCCCCCCC)COC(=O)CCCCCCCCCCCCCCCCCCCCCCCCC/C=C\CCCCCCCCCC. The molecule has 0 aromatic rings. The van der Waals surface area contributed by atoms with E-state index in [1.54, 1.807) is 0 Å². The third-order valence-corrected chi connectivity index (χ3v) is 17.4. The maximum atomic E-state index is 12.9. The Labute approximate surface area is 519 Å². The average Bonchev–Trinajstić information content (AvgIpc) is 3.48. The van der Waals surface area contributed by atoms with Crippen LogP contribution in [-0.4, -0.2) is 37.2 Å². The van der Waals surface area contributed by atoms with Crippen LogP contribution in [0.15, 0.2) is 24.3 Å². The van der Waals surface area contributed by atoms with Crippen LogP contribution >= 0.6 is 0 Å². The number of unbranched alkanes of at least 4 members (excludes halogenated alkanes) is 56. The number of rotatable bonds is 71. The lowest BCUT2D eigenvalue weighted by Gasteiger charge is -2.18. The van der Waals surface area contributed by atoms with Crippen LogP contribution in [0.5, 0.6) is 0 Å². The van der Waals surface area contributed by atoms with Crippen LogP contribution in [0.1, 0.15) is 432 Å². The maximum absolute atomic E-state index is 12.9. The summed E-state index contributed by atoms with van der Waals surface area (Å²) in [7, 11) is 0. The molecular weight excluding hydrogens is 1020 g/mol. The third-order valence-electron chi connectivity index (χ3n) is 17.4. The van der Waals surface area contributed by atoms with E-state index in [4.69, 9.17) is 14.2 Å². The number of hydrogen-bond donors (Lipinski definition) is 0. The van der Waals surface area contributed by atoms with E-state index in [0.717, 1.165) is 57.8 Å². The van der Waals surface area contributed by atoms with E-state index in [-0.39, 0.29) is 31.1 Å². The number of carbonyl (C=O) groups excluding carboxylic acids is 3. The van der Waals surface area contributed by atoms with Gasteiger partial charge in [-0.05, 0) is 70.6 Å². The summed E-state index contributed by atoms with van der Waals surface area (Å²) in [6.45, 7) is 6.71. The van der Waals surface area contributed by atoms with E-state index >= 15 is 0 Å². The van der Waals surface area contributed by atoms with Crippen LogP contribution in [0.4, 0.5) is 0 Å². The van der Waals surface area contributed by atoms with Crippen molar-refractivity contribution in [2.45, 2.75) is 438 Å². The van der Waals surface area contributed by atoms with Crippen molar-refractivity contribution in [1.82, 2.24) is 0 Å². The van der Waals surface area contributed by atoms with Gasteiger partial charge in [-0.2, -0.15) is 0 Å². The summed E-state index contributed by atoms with van der Waals surface area (Å²) in [5.74, 6) is -0.836. The Morgan fingerprint density at radius 1 is 0.229 bits per heavy atom. The first kappa shape index (κ1) is 80.9. The molecule has 0 amide bonds. The molecule has 0 aliphatic rings. The number of allylic oxidation sites excluding steroid dienone is 4. The second-order valence-electron chi connectivity index (χ2n) is 25.9. The van der Waals surface area contributed by atoms with Crippen LogP contribution in [0.3, 0.4) is 0 Å². The van der Waals surface area contributed by atoms with Crippen LogP contribution in [0.25, 0.3) is 0 Å². The fraction of sp³-hybridized carbons (Fsp3) is 0.909. The first-order chi connectivity index (χ1) is 41.0. The Balaban J connectivity index is 4.03. The summed E-state index contributed by atoms with van der Waals surface area (Å²) in [6, 6.07) is 0. The van der Waals surface area contributed by atoms with Gasteiger partial charge in [-0.3, -0.25) is 14.4 Å². The van der Waals surface area contributed by atoms with Crippen molar-refractivity contribution in [3.05, 3.63) is 24.3 Å². The van der Waals surface area contributed by atoms with E-state index in [2.05, 4.69) is 45.1 Å². The summed E-state index contributed by atoms with van der Waals surface area (Å²) < 4.78 is 17.0. The van der Waals surface area contributed by atoms with Gasteiger partial charge in [0.2, 0.25) is 0 Å². The monoisotopic (exact) mass is 1170 g/mol. The Morgan fingerprint density at radius 2 is 0.398 bits per heavy atom. The number of esters is 3. The Kier molecular flexibility index (Phi) is 70.5. The van der Waals surface area contributed by atoms with E-state index < -0.39 is 6.10 Å².